The van der Waals surface area contributed by atoms with Gasteiger partial charge in [-0.25, -0.2) is 5.01 Å². The second kappa shape index (κ2) is 14.2. The maximum absolute atomic E-state index is 13.8. The highest BCUT2D eigenvalue weighted by molar-refractivity contribution is 7.99. The predicted molar refractivity (Wildman–Crippen MR) is 169 cm³/mol. The van der Waals surface area contributed by atoms with Crippen molar-refractivity contribution < 1.29 is 28.5 Å². The number of hydrogen-bond donors (Lipinski definition) is 1. The lowest BCUT2D eigenvalue weighted by molar-refractivity contribution is -0.130. The molecular weight excluding hydrogens is 596 g/mol. The lowest BCUT2D eigenvalue weighted by atomic mass is 9.97. The van der Waals surface area contributed by atoms with E-state index in [1.165, 1.54) is 23.9 Å². The Kier molecular flexibility index (Phi) is 9.88. The van der Waals surface area contributed by atoms with Crippen molar-refractivity contribution in [3.63, 3.8) is 0 Å². The van der Waals surface area contributed by atoms with E-state index < -0.39 is 6.04 Å². The van der Waals surface area contributed by atoms with E-state index in [2.05, 4.69) is 15.5 Å². The van der Waals surface area contributed by atoms with Gasteiger partial charge in [0, 0.05) is 19.0 Å². The van der Waals surface area contributed by atoms with Crippen molar-refractivity contribution in [2.45, 2.75) is 24.2 Å². The van der Waals surface area contributed by atoms with Gasteiger partial charge >= 0.3 is 0 Å². The first-order chi connectivity index (χ1) is 21.9. The Bertz CT molecular complexity index is 1710. The van der Waals surface area contributed by atoms with Crippen LogP contribution in [0.2, 0.25) is 0 Å². The zero-order valence-corrected chi connectivity index (χ0v) is 26.5. The van der Waals surface area contributed by atoms with E-state index in [1.54, 1.807) is 57.2 Å². The summed E-state index contributed by atoms with van der Waals surface area (Å²) in [6.45, 7) is 0.147. The standard InChI is InChI=1S/C32H34N6O6S/c1-37-28(18-33-31(40)23-9-6-7-11-26(23)42-3)34-35-32(37)45-19-29(39)38-25(22-10-8-12-27(43-4)30(22)44-5)17-24(36-38)20-13-15-21(41-2)16-14-20/h6-16,25H,17-19H2,1-5H3,(H,33,40). The number of amides is 2. The van der Waals surface area contributed by atoms with Crippen LogP contribution >= 0.6 is 11.8 Å². The fraction of sp³-hybridized carbons (Fsp3) is 0.281. The summed E-state index contributed by atoms with van der Waals surface area (Å²) < 4.78 is 23.6. The van der Waals surface area contributed by atoms with Crippen LogP contribution in [0.15, 0.2) is 77.0 Å². The number of benzene rings is 3. The third-order valence-corrected chi connectivity index (χ3v) is 8.40. The van der Waals surface area contributed by atoms with Crippen LogP contribution in [0, 0.1) is 0 Å². The Balaban J connectivity index is 1.32. The number of hydrogen-bond acceptors (Lipinski definition) is 10. The topological polar surface area (TPSA) is 129 Å². The Morgan fingerprint density at radius 3 is 2.33 bits per heavy atom. The zero-order valence-electron chi connectivity index (χ0n) is 25.6. The summed E-state index contributed by atoms with van der Waals surface area (Å²) in [5.41, 5.74) is 2.86. The summed E-state index contributed by atoms with van der Waals surface area (Å²) in [6, 6.07) is 19.7. The van der Waals surface area contributed by atoms with Crippen molar-refractivity contribution >= 4 is 29.3 Å². The number of ether oxygens (including phenoxy) is 4. The minimum absolute atomic E-state index is 0.0573. The van der Waals surface area contributed by atoms with Crippen molar-refractivity contribution in [2.75, 3.05) is 34.2 Å². The highest BCUT2D eigenvalue weighted by Crippen LogP contribution is 2.42. The number of nitrogens with zero attached hydrogens (tertiary/aromatic N) is 5. The van der Waals surface area contributed by atoms with E-state index in [1.807, 2.05) is 42.5 Å². The van der Waals surface area contributed by atoms with Crippen molar-refractivity contribution in [3.05, 3.63) is 89.2 Å². The van der Waals surface area contributed by atoms with E-state index in [0.29, 0.717) is 40.2 Å². The van der Waals surface area contributed by atoms with Crippen LogP contribution in [0.3, 0.4) is 0 Å². The van der Waals surface area contributed by atoms with Crippen LogP contribution < -0.4 is 24.3 Å². The van der Waals surface area contributed by atoms with Gasteiger partial charge in [-0.2, -0.15) is 5.10 Å². The van der Waals surface area contributed by atoms with Crippen LogP contribution in [0.25, 0.3) is 0 Å². The summed E-state index contributed by atoms with van der Waals surface area (Å²) in [4.78, 5) is 26.5. The monoisotopic (exact) mass is 630 g/mol. The summed E-state index contributed by atoms with van der Waals surface area (Å²) in [7, 11) is 8.07. The summed E-state index contributed by atoms with van der Waals surface area (Å²) in [5.74, 6) is 2.41. The van der Waals surface area contributed by atoms with Gasteiger partial charge in [0.15, 0.2) is 22.5 Å². The van der Waals surface area contributed by atoms with Gasteiger partial charge in [-0.3, -0.25) is 9.59 Å². The molecule has 0 fully saturated rings. The number of aromatic nitrogens is 3. The molecule has 0 saturated carbocycles. The van der Waals surface area contributed by atoms with E-state index >= 15 is 0 Å². The highest BCUT2D eigenvalue weighted by atomic mass is 32.2. The van der Waals surface area contributed by atoms with E-state index in [9.17, 15) is 9.59 Å². The van der Waals surface area contributed by atoms with Crippen LogP contribution in [0.1, 0.15) is 39.8 Å². The molecule has 0 aliphatic carbocycles. The van der Waals surface area contributed by atoms with Gasteiger partial charge < -0.3 is 28.8 Å². The molecule has 1 atom stereocenters. The average Bonchev–Trinajstić information content (AvgIpc) is 3.69. The SMILES string of the molecule is COc1ccc(C2=NN(C(=O)CSc3nnc(CNC(=O)c4ccccc4OC)n3C)C(c3cccc(OC)c3OC)C2)cc1. The predicted octanol–water partition coefficient (Wildman–Crippen LogP) is 4.25. The van der Waals surface area contributed by atoms with E-state index in [-0.39, 0.29) is 24.1 Å². The highest BCUT2D eigenvalue weighted by Gasteiger charge is 2.35. The molecule has 2 heterocycles. The van der Waals surface area contributed by atoms with Crippen LogP contribution in [-0.2, 0) is 18.4 Å². The maximum Gasteiger partial charge on any atom is 0.255 e. The Labute approximate surface area is 265 Å². The van der Waals surface area contributed by atoms with Crippen molar-refractivity contribution in [2.24, 2.45) is 12.1 Å². The quantitative estimate of drug-likeness (QED) is 0.229. The smallest absolute Gasteiger partial charge is 0.255 e. The maximum atomic E-state index is 13.8. The molecule has 5 rings (SSSR count). The van der Waals surface area contributed by atoms with Crippen molar-refractivity contribution in [1.82, 2.24) is 25.1 Å². The summed E-state index contributed by atoms with van der Waals surface area (Å²) in [6.07, 6.45) is 0.478. The fourth-order valence-corrected chi connectivity index (χ4v) is 5.80. The Morgan fingerprint density at radius 1 is 0.889 bits per heavy atom. The molecule has 0 bridgehead atoms. The Hall–Kier alpha value is -5.04. The lowest BCUT2D eigenvalue weighted by Crippen LogP contribution is -2.29. The van der Waals surface area contributed by atoms with Crippen LogP contribution in [-0.4, -0.2) is 71.5 Å². The third-order valence-electron chi connectivity index (χ3n) is 7.39. The molecule has 4 aromatic rings. The number of nitrogens with one attached hydrogen (secondary N) is 1. The molecule has 12 nitrogen and oxygen atoms in total. The second-order valence-electron chi connectivity index (χ2n) is 9.95. The number of methoxy groups -OCH3 is 4. The first kappa shape index (κ1) is 31.4. The number of para-hydroxylation sites is 2. The van der Waals surface area contributed by atoms with Crippen LogP contribution in [0.5, 0.6) is 23.0 Å². The number of hydrazone groups is 1. The summed E-state index contributed by atoms with van der Waals surface area (Å²) >= 11 is 1.24. The zero-order chi connectivity index (χ0) is 31.9. The molecule has 1 unspecified atom stereocenters. The molecule has 0 radical (unpaired) electrons. The van der Waals surface area contributed by atoms with Gasteiger partial charge in [-0.1, -0.05) is 36.0 Å². The first-order valence-corrected chi connectivity index (χ1v) is 15.0. The molecule has 234 valence electrons. The largest absolute Gasteiger partial charge is 0.497 e. The van der Waals surface area contributed by atoms with E-state index in [4.69, 9.17) is 24.0 Å². The fourth-order valence-electron chi connectivity index (χ4n) is 5.02. The molecule has 1 aliphatic heterocycles. The van der Waals surface area contributed by atoms with Crippen molar-refractivity contribution in [1.29, 1.82) is 0 Å². The molecule has 2 amide bonds. The van der Waals surface area contributed by atoms with Gasteiger partial charge in [0.25, 0.3) is 11.8 Å². The molecule has 1 aliphatic rings. The molecular formula is C32H34N6O6S. The van der Waals surface area contributed by atoms with E-state index in [0.717, 1.165) is 22.6 Å². The van der Waals surface area contributed by atoms with Gasteiger partial charge in [0.1, 0.15) is 11.5 Å². The number of carbonyl (C=O) groups excluding carboxylic acids is 2. The Morgan fingerprint density at radius 2 is 1.62 bits per heavy atom. The van der Waals surface area contributed by atoms with Crippen LogP contribution in [0.4, 0.5) is 0 Å². The third kappa shape index (κ3) is 6.73. The minimum Gasteiger partial charge on any atom is -0.497 e. The normalized spacial score (nSPS) is 14.1. The summed E-state index contributed by atoms with van der Waals surface area (Å²) in [5, 5.41) is 18.1. The number of carbonyl (C=O) groups is 2. The molecule has 1 N–H and O–H groups in total. The van der Waals surface area contributed by atoms with Gasteiger partial charge in [0.05, 0.1) is 58.1 Å². The molecule has 0 spiro atoms. The number of thioether (sulfide) groups is 1. The van der Waals surface area contributed by atoms with Gasteiger partial charge in [-0.15, -0.1) is 10.2 Å². The minimum atomic E-state index is -0.416. The lowest BCUT2D eigenvalue weighted by Gasteiger charge is -2.24. The molecule has 0 saturated heterocycles. The second-order valence-corrected chi connectivity index (χ2v) is 10.9. The van der Waals surface area contributed by atoms with Gasteiger partial charge in [-0.05, 0) is 48.0 Å². The van der Waals surface area contributed by atoms with Gasteiger partial charge in [0.2, 0.25) is 0 Å². The molecule has 45 heavy (non-hydrogen) atoms. The number of rotatable bonds is 12. The first-order valence-electron chi connectivity index (χ1n) is 14.1. The molecule has 1 aromatic heterocycles. The average molecular weight is 631 g/mol. The van der Waals surface area contributed by atoms with Crippen molar-refractivity contribution in [3.8, 4) is 23.0 Å². The molecule has 3 aromatic carbocycles. The molecule has 13 heteroatoms.